The van der Waals surface area contributed by atoms with Crippen LogP contribution in [0.15, 0.2) is 24.3 Å². The lowest BCUT2D eigenvalue weighted by Gasteiger charge is -2.22. The van der Waals surface area contributed by atoms with Gasteiger partial charge < -0.3 is 4.90 Å². The van der Waals surface area contributed by atoms with Crippen molar-refractivity contribution in [3.05, 3.63) is 51.9 Å². The van der Waals surface area contributed by atoms with E-state index in [4.69, 9.17) is 22.1 Å². The maximum atomic E-state index is 8.93. The summed E-state index contributed by atoms with van der Waals surface area (Å²) in [5, 5.41) is 17.8. The van der Waals surface area contributed by atoms with Gasteiger partial charge in [0.15, 0.2) is 0 Å². The van der Waals surface area contributed by atoms with Crippen molar-refractivity contribution >= 4 is 17.4 Å². The van der Waals surface area contributed by atoms with Crippen molar-refractivity contribution in [1.29, 1.82) is 10.5 Å². The third kappa shape index (κ3) is 7.09. The van der Waals surface area contributed by atoms with E-state index in [0.717, 1.165) is 43.1 Å². The van der Waals surface area contributed by atoms with Gasteiger partial charge in [0.05, 0.1) is 23.3 Å². The topological polar surface area (TPSA) is 76.6 Å². The predicted octanol–water partition coefficient (Wildman–Crippen LogP) is 4.80. The predicted molar refractivity (Wildman–Crippen MR) is 105 cm³/mol. The second-order valence-electron chi connectivity index (χ2n) is 5.89. The minimum atomic E-state index is 0.372. The molecule has 136 valence electrons. The Morgan fingerprint density at radius 2 is 1.38 bits per heavy atom. The lowest BCUT2D eigenvalue weighted by atomic mass is 10.2. The smallest absolute Gasteiger partial charge is 0.130 e. The molecule has 2 rings (SSSR count). The Balaban J connectivity index is 0.000000289. The second kappa shape index (κ2) is 11.1. The molecule has 6 heteroatoms. The van der Waals surface area contributed by atoms with Crippen molar-refractivity contribution in [2.45, 2.75) is 40.5 Å². The zero-order valence-corrected chi connectivity index (χ0v) is 16.5. The highest BCUT2D eigenvalue weighted by Gasteiger charge is 2.07. The largest absolute Gasteiger partial charge is 0.357 e. The fraction of sp³-hybridized carbons (Fsp3) is 0.400. The molecule has 2 aromatic heterocycles. The summed E-state index contributed by atoms with van der Waals surface area (Å²) in [5.74, 6) is 0.931. The molecule has 26 heavy (non-hydrogen) atoms. The number of hydrogen-bond donors (Lipinski definition) is 0. The molecule has 2 heterocycles. The minimum Gasteiger partial charge on any atom is -0.357 e. The molecule has 0 bridgehead atoms. The SMILES string of the molecule is CCCN(CCC)c1cc(C#N)cc(C)n1.Cc1cc(C#N)cc(Cl)n1. The van der Waals surface area contributed by atoms with Crippen molar-refractivity contribution in [2.24, 2.45) is 0 Å². The number of halogens is 1. The summed E-state index contributed by atoms with van der Waals surface area (Å²) in [6.45, 7) is 10.0. The highest BCUT2D eigenvalue weighted by atomic mass is 35.5. The average molecular weight is 370 g/mol. The van der Waals surface area contributed by atoms with Crippen LogP contribution in [-0.2, 0) is 0 Å². The van der Waals surface area contributed by atoms with Gasteiger partial charge in [-0.3, -0.25) is 0 Å². The molecule has 0 N–H and O–H groups in total. The Labute approximate surface area is 160 Å². The van der Waals surface area contributed by atoms with Crippen molar-refractivity contribution < 1.29 is 0 Å². The zero-order valence-electron chi connectivity index (χ0n) is 15.8. The summed E-state index contributed by atoms with van der Waals surface area (Å²) < 4.78 is 0. The molecule has 0 atom stereocenters. The van der Waals surface area contributed by atoms with Crippen LogP contribution in [0.5, 0.6) is 0 Å². The number of rotatable bonds is 5. The van der Waals surface area contributed by atoms with Gasteiger partial charge >= 0.3 is 0 Å². The van der Waals surface area contributed by atoms with E-state index in [1.807, 2.05) is 25.1 Å². The molecule has 0 saturated carbocycles. The van der Waals surface area contributed by atoms with Crippen molar-refractivity contribution in [1.82, 2.24) is 9.97 Å². The number of hydrogen-bond acceptors (Lipinski definition) is 5. The number of pyridine rings is 2. The van der Waals surface area contributed by atoms with Crippen LogP contribution < -0.4 is 4.90 Å². The quantitative estimate of drug-likeness (QED) is 0.707. The highest BCUT2D eigenvalue weighted by Crippen LogP contribution is 2.15. The molecule has 0 fully saturated rings. The first-order chi connectivity index (χ1) is 12.4. The van der Waals surface area contributed by atoms with Crippen molar-refractivity contribution in [3.63, 3.8) is 0 Å². The Morgan fingerprint density at radius 3 is 1.85 bits per heavy atom. The van der Waals surface area contributed by atoms with Gasteiger partial charge in [-0.1, -0.05) is 25.4 Å². The monoisotopic (exact) mass is 369 g/mol. The summed E-state index contributed by atoms with van der Waals surface area (Å²) in [7, 11) is 0. The van der Waals surface area contributed by atoms with E-state index in [-0.39, 0.29) is 0 Å². The highest BCUT2D eigenvalue weighted by molar-refractivity contribution is 6.29. The van der Waals surface area contributed by atoms with E-state index in [1.165, 1.54) is 6.07 Å². The molecule has 2 aromatic rings. The number of aryl methyl sites for hydroxylation is 2. The average Bonchev–Trinajstić information content (AvgIpc) is 2.60. The first kappa shape index (κ1) is 21.4. The molecule has 0 saturated heterocycles. The summed E-state index contributed by atoms with van der Waals surface area (Å²) in [5.41, 5.74) is 2.92. The molecule has 0 aliphatic heterocycles. The van der Waals surface area contributed by atoms with E-state index in [0.29, 0.717) is 16.3 Å². The number of aromatic nitrogens is 2. The maximum Gasteiger partial charge on any atom is 0.130 e. The Bertz CT molecular complexity index is 779. The van der Waals surface area contributed by atoms with Gasteiger partial charge in [-0.25, -0.2) is 9.97 Å². The standard InChI is InChI=1S/C13H19N3.C7H5ClN2/c1-4-6-16(7-5-2)13-9-12(10-14)8-11(3)15-13;1-5-2-6(4-9)3-7(8)10-5/h8-9H,4-7H2,1-3H3;2-3H,1H3. The molecule has 5 nitrogen and oxygen atoms in total. The first-order valence-corrected chi connectivity index (χ1v) is 8.99. The summed E-state index contributed by atoms with van der Waals surface area (Å²) in [4.78, 5) is 10.6. The molecular formula is C20H24ClN5. The molecular weight excluding hydrogens is 346 g/mol. The fourth-order valence-corrected chi connectivity index (χ4v) is 2.70. The van der Waals surface area contributed by atoms with E-state index in [2.05, 4.69) is 34.8 Å². The summed E-state index contributed by atoms with van der Waals surface area (Å²) >= 11 is 5.57. The van der Waals surface area contributed by atoms with Gasteiger partial charge in [0.2, 0.25) is 0 Å². The van der Waals surface area contributed by atoms with Gasteiger partial charge in [0.1, 0.15) is 11.0 Å². The molecule has 0 aliphatic carbocycles. The van der Waals surface area contributed by atoms with Crippen LogP contribution in [0.25, 0.3) is 0 Å². The van der Waals surface area contributed by atoms with Crippen LogP contribution in [0.1, 0.15) is 49.2 Å². The fourth-order valence-electron chi connectivity index (χ4n) is 2.45. The Hall–Kier alpha value is -2.63. The Morgan fingerprint density at radius 1 is 0.885 bits per heavy atom. The summed E-state index contributed by atoms with van der Waals surface area (Å²) in [6.07, 6.45) is 2.19. The first-order valence-electron chi connectivity index (χ1n) is 8.61. The number of anilines is 1. The Kier molecular flexibility index (Phi) is 9.12. The van der Waals surface area contributed by atoms with Crippen LogP contribution in [0.2, 0.25) is 5.15 Å². The lowest BCUT2D eigenvalue weighted by Crippen LogP contribution is -2.26. The second-order valence-corrected chi connectivity index (χ2v) is 6.27. The number of nitriles is 2. The van der Waals surface area contributed by atoms with Crippen LogP contribution in [0, 0.1) is 36.5 Å². The molecule has 0 spiro atoms. The van der Waals surface area contributed by atoms with Crippen molar-refractivity contribution in [2.75, 3.05) is 18.0 Å². The molecule has 0 radical (unpaired) electrons. The van der Waals surface area contributed by atoms with E-state index < -0.39 is 0 Å². The third-order valence-corrected chi connectivity index (χ3v) is 3.62. The normalized spacial score (nSPS) is 9.50. The van der Waals surface area contributed by atoms with Gasteiger partial charge in [-0.2, -0.15) is 10.5 Å². The summed E-state index contributed by atoms with van der Waals surface area (Å²) in [6, 6.07) is 11.1. The molecule has 0 amide bonds. The van der Waals surface area contributed by atoms with Gasteiger partial charge in [0.25, 0.3) is 0 Å². The van der Waals surface area contributed by atoms with E-state index in [1.54, 1.807) is 13.0 Å². The van der Waals surface area contributed by atoms with Crippen molar-refractivity contribution in [3.8, 4) is 12.1 Å². The van der Waals surface area contributed by atoms with E-state index in [9.17, 15) is 0 Å². The minimum absolute atomic E-state index is 0.372. The molecule has 0 aromatic carbocycles. The molecule has 0 aliphatic rings. The van der Waals surface area contributed by atoms with Gasteiger partial charge in [0, 0.05) is 24.5 Å². The van der Waals surface area contributed by atoms with Crippen LogP contribution >= 0.6 is 11.6 Å². The van der Waals surface area contributed by atoms with Gasteiger partial charge in [-0.05, 0) is 51.0 Å². The third-order valence-electron chi connectivity index (χ3n) is 3.43. The van der Waals surface area contributed by atoms with Crippen LogP contribution in [-0.4, -0.2) is 23.1 Å². The van der Waals surface area contributed by atoms with Crippen LogP contribution in [0.4, 0.5) is 5.82 Å². The van der Waals surface area contributed by atoms with Gasteiger partial charge in [-0.15, -0.1) is 0 Å². The number of nitrogens with zero attached hydrogens (tertiary/aromatic N) is 5. The lowest BCUT2D eigenvalue weighted by molar-refractivity contribution is 0.732. The molecule has 0 unspecified atom stereocenters. The van der Waals surface area contributed by atoms with E-state index >= 15 is 0 Å². The zero-order chi connectivity index (χ0) is 19.5. The van der Waals surface area contributed by atoms with Crippen LogP contribution in [0.3, 0.4) is 0 Å². The maximum absolute atomic E-state index is 8.93.